The zero-order chi connectivity index (χ0) is 11.1. The third kappa shape index (κ3) is 4.07. The van der Waals surface area contributed by atoms with E-state index in [1.165, 1.54) is 0 Å². The van der Waals surface area contributed by atoms with Gasteiger partial charge in [0.1, 0.15) is 11.8 Å². The van der Waals surface area contributed by atoms with Crippen LogP contribution in [0.2, 0.25) is 0 Å². The number of ether oxygens (including phenoxy) is 1. The fraction of sp³-hybridized carbons (Fsp3) is 0.455. The van der Waals surface area contributed by atoms with E-state index in [9.17, 15) is 0 Å². The lowest BCUT2D eigenvalue weighted by Gasteiger charge is -2.15. The zero-order valence-corrected chi connectivity index (χ0v) is 9.10. The van der Waals surface area contributed by atoms with Crippen molar-refractivity contribution in [3.05, 3.63) is 29.6 Å². The molecule has 0 aliphatic carbocycles. The minimum atomic E-state index is 0.465. The summed E-state index contributed by atoms with van der Waals surface area (Å²) in [5.41, 5.74) is 1.56. The van der Waals surface area contributed by atoms with Gasteiger partial charge in [0.2, 0.25) is 0 Å². The number of hydrogen-bond donors (Lipinski definition) is 0. The van der Waals surface area contributed by atoms with Crippen molar-refractivity contribution in [2.24, 2.45) is 0 Å². The average molecular weight is 205 g/mol. The van der Waals surface area contributed by atoms with Crippen LogP contribution in [0.5, 0.6) is 0 Å². The minimum Gasteiger partial charge on any atom is -0.383 e. The van der Waals surface area contributed by atoms with Gasteiger partial charge in [-0.2, -0.15) is 5.26 Å². The molecule has 80 valence electrons. The van der Waals surface area contributed by atoms with E-state index in [1.807, 2.05) is 25.2 Å². The summed E-state index contributed by atoms with van der Waals surface area (Å²) in [6.07, 6.45) is 1.66. The summed E-state index contributed by atoms with van der Waals surface area (Å²) < 4.78 is 4.99. The summed E-state index contributed by atoms with van der Waals surface area (Å²) >= 11 is 0. The molecule has 0 saturated carbocycles. The fourth-order valence-electron chi connectivity index (χ4n) is 1.27. The average Bonchev–Trinajstić information content (AvgIpc) is 2.26. The second-order valence-electron chi connectivity index (χ2n) is 3.39. The van der Waals surface area contributed by atoms with Gasteiger partial charge >= 0.3 is 0 Å². The SMILES string of the molecule is COCCN(C)Cc1ccnc(C#N)c1. The third-order valence-corrected chi connectivity index (χ3v) is 2.07. The van der Waals surface area contributed by atoms with Gasteiger partial charge in [-0.3, -0.25) is 4.90 Å². The molecule has 4 heteroatoms. The van der Waals surface area contributed by atoms with E-state index < -0.39 is 0 Å². The summed E-state index contributed by atoms with van der Waals surface area (Å²) in [6, 6.07) is 5.76. The summed E-state index contributed by atoms with van der Waals surface area (Å²) in [5, 5.41) is 8.69. The Morgan fingerprint density at radius 2 is 2.40 bits per heavy atom. The van der Waals surface area contributed by atoms with Gasteiger partial charge in [0, 0.05) is 26.4 Å². The Hall–Kier alpha value is -1.44. The maximum Gasteiger partial charge on any atom is 0.140 e. The molecule has 1 rings (SSSR count). The predicted molar refractivity (Wildman–Crippen MR) is 57.2 cm³/mol. The maximum absolute atomic E-state index is 8.69. The van der Waals surface area contributed by atoms with Gasteiger partial charge in [0.05, 0.1) is 6.61 Å². The molecule has 0 fully saturated rings. The summed E-state index contributed by atoms with van der Waals surface area (Å²) in [5.74, 6) is 0. The Morgan fingerprint density at radius 3 is 3.07 bits per heavy atom. The van der Waals surface area contributed by atoms with Crippen LogP contribution in [0.4, 0.5) is 0 Å². The lowest BCUT2D eigenvalue weighted by molar-refractivity contribution is 0.158. The van der Waals surface area contributed by atoms with E-state index in [4.69, 9.17) is 10.00 Å². The molecular formula is C11H15N3O. The van der Waals surface area contributed by atoms with Gasteiger partial charge in [-0.05, 0) is 24.7 Å². The first-order chi connectivity index (χ1) is 7.26. The first kappa shape index (κ1) is 11.6. The van der Waals surface area contributed by atoms with Gasteiger partial charge in [-0.15, -0.1) is 0 Å². The van der Waals surface area contributed by atoms with E-state index in [0.717, 1.165) is 18.7 Å². The van der Waals surface area contributed by atoms with Gasteiger partial charge in [-0.25, -0.2) is 4.98 Å². The number of pyridine rings is 1. The molecule has 1 heterocycles. The highest BCUT2D eigenvalue weighted by Gasteiger charge is 2.01. The highest BCUT2D eigenvalue weighted by molar-refractivity contribution is 5.25. The van der Waals surface area contributed by atoms with Crippen LogP contribution in [-0.4, -0.2) is 37.2 Å². The van der Waals surface area contributed by atoms with Crippen LogP contribution >= 0.6 is 0 Å². The quantitative estimate of drug-likeness (QED) is 0.720. The fourth-order valence-corrected chi connectivity index (χ4v) is 1.27. The third-order valence-electron chi connectivity index (χ3n) is 2.07. The molecule has 15 heavy (non-hydrogen) atoms. The molecule has 0 saturated heterocycles. The smallest absolute Gasteiger partial charge is 0.140 e. The molecule has 0 bridgehead atoms. The van der Waals surface area contributed by atoms with Crippen LogP contribution in [-0.2, 0) is 11.3 Å². The Bertz CT molecular complexity index is 346. The van der Waals surface area contributed by atoms with Crippen molar-refractivity contribution in [2.75, 3.05) is 27.3 Å². The summed E-state index contributed by atoms with van der Waals surface area (Å²) in [6.45, 7) is 2.40. The van der Waals surface area contributed by atoms with Crippen LogP contribution in [0.25, 0.3) is 0 Å². The Labute approximate surface area is 90.1 Å². The molecule has 0 aromatic carbocycles. The van der Waals surface area contributed by atoms with Crippen LogP contribution in [0, 0.1) is 11.3 Å². The molecule has 0 radical (unpaired) electrons. The maximum atomic E-state index is 8.69. The zero-order valence-electron chi connectivity index (χ0n) is 9.10. The van der Waals surface area contributed by atoms with Gasteiger partial charge in [0.15, 0.2) is 0 Å². The number of rotatable bonds is 5. The number of aromatic nitrogens is 1. The first-order valence-corrected chi connectivity index (χ1v) is 4.78. The van der Waals surface area contributed by atoms with Crippen LogP contribution in [0.1, 0.15) is 11.3 Å². The van der Waals surface area contributed by atoms with Gasteiger partial charge in [0.25, 0.3) is 0 Å². The van der Waals surface area contributed by atoms with Crippen LogP contribution < -0.4 is 0 Å². The normalized spacial score (nSPS) is 10.3. The van der Waals surface area contributed by atoms with Crippen molar-refractivity contribution in [1.82, 2.24) is 9.88 Å². The summed E-state index contributed by atoms with van der Waals surface area (Å²) in [4.78, 5) is 6.06. The van der Waals surface area contributed by atoms with Crippen LogP contribution in [0.15, 0.2) is 18.3 Å². The van der Waals surface area contributed by atoms with Crippen molar-refractivity contribution < 1.29 is 4.74 Å². The van der Waals surface area contributed by atoms with Gasteiger partial charge < -0.3 is 4.74 Å². The van der Waals surface area contributed by atoms with E-state index >= 15 is 0 Å². The molecule has 1 aromatic rings. The lowest BCUT2D eigenvalue weighted by Crippen LogP contribution is -2.22. The highest BCUT2D eigenvalue weighted by Crippen LogP contribution is 2.03. The molecule has 1 aromatic heterocycles. The van der Waals surface area contributed by atoms with Crippen molar-refractivity contribution in [1.29, 1.82) is 5.26 Å². The van der Waals surface area contributed by atoms with E-state index in [2.05, 4.69) is 9.88 Å². The van der Waals surface area contributed by atoms with Crippen molar-refractivity contribution >= 4 is 0 Å². The standard InChI is InChI=1S/C11H15N3O/c1-14(5-6-15-2)9-10-3-4-13-11(7-10)8-12/h3-4,7H,5-6,9H2,1-2H3. The number of likely N-dealkylation sites (N-methyl/N-ethyl adjacent to an activating group) is 1. The molecule has 0 atom stereocenters. The lowest BCUT2D eigenvalue weighted by atomic mass is 10.2. The molecule has 0 unspecified atom stereocenters. The second-order valence-corrected chi connectivity index (χ2v) is 3.39. The molecule has 0 aliphatic rings. The predicted octanol–water partition coefficient (Wildman–Crippen LogP) is 1.03. The Kier molecular flexibility index (Phi) is 4.75. The molecule has 0 aliphatic heterocycles. The van der Waals surface area contributed by atoms with E-state index in [0.29, 0.717) is 12.3 Å². The summed E-state index contributed by atoms with van der Waals surface area (Å²) in [7, 11) is 3.71. The minimum absolute atomic E-state index is 0.465. The molecular weight excluding hydrogens is 190 g/mol. The first-order valence-electron chi connectivity index (χ1n) is 4.78. The van der Waals surface area contributed by atoms with Gasteiger partial charge in [-0.1, -0.05) is 0 Å². The molecule has 0 amide bonds. The van der Waals surface area contributed by atoms with E-state index in [1.54, 1.807) is 13.3 Å². The second kappa shape index (κ2) is 6.12. The van der Waals surface area contributed by atoms with Crippen molar-refractivity contribution in [2.45, 2.75) is 6.54 Å². The number of nitriles is 1. The Balaban J connectivity index is 2.53. The molecule has 0 spiro atoms. The van der Waals surface area contributed by atoms with E-state index in [-0.39, 0.29) is 0 Å². The number of hydrogen-bond acceptors (Lipinski definition) is 4. The largest absolute Gasteiger partial charge is 0.383 e. The molecule has 4 nitrogen and oxygen atoms in total. The Morgan fingerprint density at radius 1 is 1.60 bits per heavy atom. The number of nitrogens with zero attached hydrogens (tertiary/aromatic N) is 3. The highest BCUT2D eigenvalue weighted by atomic mass is 16.5. The van der Waals surface area contributed by atoms with Crippen molar-refractivity contribution in [3.63, 3.8) is 0 Å². The molecule has 0 N–H and O–H groups in total. The van der Waals surface area contributed by atoms with Crippen molar-refractivity contribution in [3.8, 4) is 6.07 Å². The topological polar surface area (TPSA) is 49.1 Å². The number of methoxy groups -OCH3 is 1. The van der Waals surface area contributed by atoms with Crippen LogP contribution in [0.3, 0.4) is 0 Å². The monoisotopic (exact) mass is 205 g/mol.